The Morgan fingerprint density at radius 3 is 2.65 bits per heavy atom. The van der Waals surface area contributed by atoms with Gasteiger partial charge in [0.05, 0.1) is 17.8 Å². The number of halogens is 3. The Morgan fingerprint density at radius 1 is 1.50 bits per heavy atom. The van der Waals surface area contributed by atoms with Crippen LogP contribution in [0.2, 0.25) is 5.02 Å². The quantitative estimate of drug-likeness (QED) is 0.803. The summed E-state index contributed by atoms with van der Waals surface area (Å²) in [7, 11) is 1.26. The van der Waals surface area contributed by atoms with Gasteiger partial charge in [-0.3, -0.25) is 4.68 Å². The summed E-state index contributed by atoms with van der Waals surface area (Å²) in [5.74, 6) is -2.99. The van der Waals surface area contributed by atoms with Crippen LogP contribution in [-0.4, -0.2) is 28.8 Å². The molecule has 112 valence electrons. The zero-order chi connectivity index (χ0) is 14.9. The number of esters is 1. The molecule has 7 heteroatoms. The van der Waals surface area contributed by atoms with Crippen LogP contribution in [0.1, 0.15) is 41.9 Å². The van der Waals surface area contributed by atoms with E-state index in [0.717, 1.165) is 0 Å². The zero-order valence-electron chi connectivity index (χ0n) is 11.5. The highest BCUT2D eigenvalue weighted by atomic mass is 35.5. The molecular weight excluding hydrogens is 290 g/mol. The normalized spacial score (nSPS) is 19.1. The lowest BCUT2D eigenvalue weighted by Crippen LogP contribution is -2.27. The van der Waals surface area contributed by atoms with Crippen LogP contribution < -0.4 is 0 Å². The summed E-state index contributed by atoms with van der Waals surface area (Å²) in [5.41, 5.74) is 0.734. The second-order valence-electron chi connectivity index (χ2n) is 5.22. The van der Waals surface area contributed by atoms with Crippen molar-refractivity contribution in [2.45, 2.75) is 45.1 Å². The van der Waals surface area contributed by atoms with Crippen molar-refractivity contribution in [1.29, 1.82) is 0 Å². The molecule has 1 saturated carbocycles. The molecule has 0 radical (unpaired) electrons. The smallest absolute Gasteiger partial charge is 0.360 e. The topological polar surface area (TPSA) is 44.1 Å². The second kappa shape index (κ2) is 5.68. The summed E-state index contributed by atoms with van der Waals surface area (Å²) in [6.45, 7) is 2.25. The minimum absolute atomic E-state index is 0.0767. The molecule has 4 nitrogen and oxygen atoms in total. The molecule has 0 atom stereocenters. The number of ether oxygens (including phenoxy) is 1. The van der Waals surface area contributed by atoms with Gasteiger partial charge in [0.2, 0.25) is 5.92 Å². The number of methoxy groups -OCH3 is 1. The first kappa shape index (κ1) is 15.2. The van der Waals surface area contributed by atoms with Gasteiger partial charge in [-0.2, -0.15) is 5.10 Å². The van der Waals surface area contributed by atoms with Crippen LogP contribution >= 0.6 is 11.6 Å². The van der Waals surface area contributed by atoms with E-state index in [9.17, 15) is 13.6 Å². The molecule has 0 spiro atoms. The molecular formula is C13H17ClF2N2O2. The highest BCUT2D eigenvalue weighted by Gasteiger charge is 2.35. The van der Waals surface area contributed by atoms with E-state index in [1.807, 2.05) is 0 Å². The van der Waals surface area contributed by atoms with Crippen LogP contribution in [0.4, 0.5) is 8.78 Å². The molecule has 1 heterocycles. The van der Waals surface area contributed by atoms with Crippen LogP contribution in [0.5, 0.6) is 0 Å². The van der Waals surface area contributed by atoms with Crippen LogP contribution in [0, 0.1) is 12.8 Å². The van der Waals surface area contributed by atoms with Crippen LogP contribution in [0.25, 0.3) is 0 Å². The minimum atomic E-state index is -2.54. The molecule has 1 aromatic heterocycles. The number of nitrogens with zero attached hydrogens (tertiary/aromatic N) is 2. The van der Waals surface area contributed by atoms with Gasteiger partial charge in [-0.25, -0.2) is 13.6 Å². The summed E-state index contributed by atoms with van der Waals surface area (Å²) in [6.07, 6.45) is 0.736. The Hall–Kier alpha value is -1.17. The fourth-order valence-electron chi connectivity index (χ4n) is 2.46. The van der Waals surface area contributed by atoms with Crippen molar-refractivity contribution >= 4 is 17.6 Å². The highest BCUT2D eigenvalue weighted by molar-refractivity contribution is 6.33. The maximum absolute atomic E-state index is 13.1. The van der Waals surface area contributed by atoms with E-state index in [1.165, 1.54) is 7.11 Å². The van der Waals surface area contributed by atoms with E-state index in [-0.39, 0.29) is 29.5 Å². The molecule has 1 aliphatic rings. The Bertz CT molecular complexity index is 507. The van der Waals surface area contributed by atoms with Crippen LogP contribution in [0.15, 0.2) is 0 Å². The van der Waals surface area contributed by atoms with E-state index >= 15 is 0 Å². The molecule has 0 N–H and O–H groups in total. The molecule has 1 aliphatic carbocycles. The molecule has 0 aliphatic heterocycles. The Kier molecular flexibility index (Phi) is 4.32. The molecule has 20 heavy (non-hydrogen) atoms. The first-order valence-corrected chi connectivity index (χ1v) is 6.91. The summed E-state index contributed by atoms with van der Waals surface area (Å²) in [5, 5.41) is 4.40. The largest absolute Gasteiger partial charge is 0.464 e. The van der Waals surface area contributed by atoms with Crippen LogP contribution in [-0.2, 0) is 11.3 Å². The molecule has 0 unspecified atom stereocenters. The monoisotopic (exact) mass is 306 g/mol. The van der Waals surface area contributed by atoms with Crippen molar-refractivity contribution in [2.75, 3.05) is 7.11 Å². The van der Waals surface area contributed by atoms with Gasteiger partial charge in [-0.1, -0.05) is 11.6 Å². The fourth-order valence-corrected chi connectivity index (χ4v) is 2.67. The van der Waals surface area contributed by atoms with Crippen molar-refractivity contribution < 1.29 is 18.3 Å². The van der Waals surface area contributed by atoms with Gasteiger partial charge < -0.3 is 4.74 Å². The summed E-state index contributed by atoms with van der Waals surface area (Å²) in [4.78, 5) is 11.5. The number of rotatable bonds is 3. The average Bonchev–Trinajstić information content (AvgIpc) is 2.69. The first-order valence-electron chi connectivity index (χ1n) is 6.53. The first-order chi connectivity index (χ1) is 9.34. The standard InChI is InChI=1S/C13H17ClF2N2O2/c1-8-10(14)11(12(19)20-2)17-18(8)7-9-3-5-13(15,16)6-4-9/h9H,3-7H2,1-2H3. The highest BCUT2D eigenvalue weighted by Crippen LogP contribution is 2.37. The van der Waals surface area contributed by atoms with E-state index in [4.69, 9.17) is 11.6 Å². The van der Waals surface area contributed by atoms with Crippen molar-refractivity contribution in [3.05, 3.63) is 16.4 Å². The van der Waals surface area contributed by atoms with Gasteiger partial charge in [0, 0.05) is 19.4 Å². The summed E-state index contributed by atoms with van der Waals surface area (Å²) < 4.78 is 32.4. The number of alkyl halides is 2. The number of aromatic nitrogens is 2. The predicted octanol–water partition coefficient (Wildman–Crippen LogP) is 3.46. The van der Waals surface area contributed by atoms with Gasteiger partial charge in [0.15, 0.2) is 5.69 Å². The fraction of sp³-hybridized carbons (Fsp3) is 0.692. The van der Waals surface area contributed by atoms with E-state index in [0.29, 0.717) is 25.1 Å². The van der Waals surface area contributed by atoms with E-state index in [1.54, 1.807) is 11.6 Å². The number of hydrogen-bond acceptors (Lipinski definition) is 3. The number of carbonyl (C=O) groups excluding carboxylic acids is 1. The van der Waals surface area contributed by atoms with Gasteiger partial charge in [0.1, 0.15) is 0 Å². The third-order valence-corrected chi connectivity index (χ3v) is 4.23. The third-order valence-electron chi connectivity index (χ3n) is 3.78. The van der Waals surface area contributed by atoms with Gasteiger partial charge >= 0.3 is 5.97 Å². The van der Waals surface area contributed by atoms with E-state index in [2.05, 4.69) is 9.84 Å². The average molecular weight is 307 g/mol. The Morgan fingerprint density at radius 2 is 2.10 bits per heavy atom. The number of hydrogen-bond donors (Lipinski definition) is 0. The lowest BCUT2D eigenvalue weighted by molar-refractivity contribution is -0.0476. The van der Waals surface area contributed by atoms with Crippen molar-refractivity contribution in [2.24, 2.45) is 5.92 Å². The zero-order valence-corrected chi connectivity index (χ0v) is 12.2. The lowest BCUT2D eigenvalue weighted by Gasteiger charge is -2.28. The predicted molar refractivity (Wildman–Crippen MR) is 70.2 cm³/mol. The lowest BCUT2D eigenvalue weighted by atomic mass is 9.87. The van der Waals surface area contributed by atoms with Crippen LogP contribution in [0.3, 0.4) is 0 Å². The molecule has 1 aromatic rings. The molecule has 0 aromatic carbocycles. The van der Waals surface area contributed by atoms with Crippen molar-refractivity contribution in [1.82, 2.24) is 9.78 Å². The van der Waals surface area contributed by atoms with E-state index < -0.39 is 11.9 Å². The maximum Gasteiger partial charge on any atom is 0.360 e. The van der Waals surface area contributed by atoms with Crippen molar-refractivity contribution in [3.63, 3.8) is 0 Å². The van der Waals surface area contributed by atoms with Gasteiger partial charge in [0.25, 0.3) is 0 Å². The van der Waals surface area contributed by atoms with Crippen molar-refractivity contribution in [3.8, 4) is 0 Å². The molecule has 1 fully saturated rings. The summed E-state index contributed by atoms with van der Waals surface area (Å²) in [6, 6.07) is 0. The Balaban J connectivity index is 2.09. The Labute approximate surface area is 121 Å². The molecule has 0 bridgehead atoms. The minimum Gasteiger partial charge on any atom is -0.464 e. The van der Waals surface area contributed by atoms with Gasteiger partial charge in [-0.15, -0.1) is 0 Å². The second-order valence-corrected chi connectivity index (χ2v) is 5.60. The maximum atomic E-state index is 13.1. The number of carbonyl (C=O) groups is 1. The molecule has 0 saturated heterocycles. The van der Waals surface area contributed by atoms with Gasteiger partial charge in [-0.05, 0) is 25.7 Å². The SMILES string of the molecule is COC(=O)c1nn(CC2CCC(F)(F)CC2)c(C)c1Cl. The summed E-state index contributed by atoms with van der Waals surface area (Å²) >= 11 is 6.05. The molecule has 0 amide bonds. The third kappa shape index (κ3) is 3.11. The molecule has 2 rings (SSSR count).